The second-order valence-electron chi connectivity index (χ2n) is 7.44. The van der Waals surface area contributed by atoms with Crippen LogP contribution in [0.5, 0.6) is 5.88 Å². The van der Waals surface area contributed by atoms with Crippen molar-refractivity contribution in [2.45, 2.75) is 38.7 Å². The number of aromatic nitrogens is 1. The van der Waals surface area contributed by atoms with Crippen molar-refractivity contribution < 1.29 is 18.3 Å². The standard InChI is InChI=1S/C16H25N3O4S/c1-15(2,20)13-4-3-5-14(18-13)23-11-12-10-16(12)6-8-19(9-7-16)24(17,21)22/h3-5,12,20H,6-11H2,1-2H3,(H2,17,21,22)/t12-/m0/s1. The van der Waals surface area contributed by atoms with Crippen LogP contribution in [0.1, 0.15) is 38.8 Å². The lowest BCUT2D eigenvalue weighted by Gasteiger charge is -2.30. The molecule has 0 aromatic carbocycles. The number of ether oxygens (including phenoxy) is 1. The van der Waals surface area contributed by atoms with Gasteiger partial charge in [0, 0.05) is 19.2 Å². The molecule has 2 heterocycles. The maximum absolute atomic E-state index is 11.4. The molecule has 0 unspecified atom stereocenters. The SMILES string of the molecule is CC(C)(O)c1cccc(OC[C@@H]2CC23CCN(S(N)(=O)=O)CC3)n1. The van der Waals surface area contributed by atoms with Crippen molar-refractivity contribution in [2.24, 2.45) is 16.5 Å². The molecule has 1 atom stereocenters. The van der Waals surface area contributed by atoms with E-state index in [0.717, 1.165) is 19.3 Å². The Balaban J connectivity index is 1.53. The monoisotopic (exact) mass is 355 g/mol. The van der Waals surface area contributed by atoms with Crippen molar-refractivity contribution in [2.75, 3.05) is 19.7 Å². The lowest BCUT2D eigenvalue weighted by molar-refractivity contribution is 0.0728. The zero-order valence-electron chi connectivity index (χ0n) is 14.1. The summed E-state index contributed by atoms with van der Waals surface area (Å²) >= 11 is 0. The van der Waals surface area contributed by atoms with Gasteiger partial charge in [-0.25, -0.2) is 10.1 Å². The van der Waals surface area contributed by atoms with Crippen molar-refractivity contribution in [1.82, 2.24) is 9.29 Å². The van der Waals surface area contributed by atoms with Gasteiger partial charge >= 0.3 is 0 Å². The van der Waals surface area contributed by atoms with Crippen LogP contribution in [-0.4, -0.2) is 42.5 Å². The van der Waals surface area contributed by atoms with Gasteiger partial charge in [-0.05, 0) is 50.5 Å². The van der Waals surface area contributed by atoms with E-state index >= 15 is 0 Å². The molecule has 2 aliphatic rings. The number of pyridine rings is 1. The Bertz CT molecular complexity index is 706. The molecule has 0 bridgehead atoms. The number of nitrogens with zero attached hydrogens (tertiary/aromatic N) is 2. The first kappa shape index (κ1) is 17.6. The van der Waals surface area contributed by atoms with Crippen LogP contribution in [-0.2, 0) is 15.8 Å². The molecule has 2 fully saturated rings. The Morgan fingerprint density at radius 1 is 1.42 bits per heavy atom. The number of hydrogen-bond donors (Lipinski definition) is 2. The van der Waals surface area contributed by atoms with Crippen LogP contribution in [0.3, 0.4) is 0 Å². The molecule has 0 amide bonds. The maximum atomic E-state index is 11.4. The average Bonchev–Trinajstić information content (AvgIpc) is 3.16. The third-order valence-corrected chi connectivity index (χ3v) is 6.30. The summed E-state index contributed by atoms with van der Waals surface area (Å²) in [6, 6.07) is 5.38. The van der Waals surface area contributed by atoms with Crippen molar-refractivity contribution in [3.05, 3.63) is 23.9 Å². The van der Waals surface area contributed by atoms with Gasteiger partial charge in [0.15, 0.2) is 0 Å². The van der Waals surface area contributed by atoms with Gasteiger partial charge in [-0.1, -0.05) is 6.07 Å². The number of nitrogens with two attached hydrogens (primary N) is 1. The molecule has 7 nitrogen and oxygen atoms in total. The highest BCUT2D eigenvalue weighted by molar-refractivity contribution is 7.86. The molecule has 3 rings (SSSR count). The van der Waals surface area contributed by atoms with Crippen LogP contribution in [0.2, 0.25) is 0 Å². The molecule has 1 aliphatic carbocycles. The van der Waals surface area contributed by atoms with Crippen molar-refractivity contribution in [3.63, 3.8) is 0 Å². The summed E-state index contributed by atoms with van der Waals surface area (Å²) in [5.74, 6) is 0.936. The van der Waals surface area contributed by atoms with E-state index in [1.807, 2.05) is 6.07 Å². The summed E-state index contributed by atoms with van der Waals surface area (Å²) in [5, 5.41) is 15.2. The maximum Gasteiger partial charge on any atom is 0.276 e. The number of piperidine rings is 1. The Morgan fingerprint density at radius 3 is 2.67 bits per heavy atom. The van der Waals surface area contributed by atoms with E-state index in [-0.39, 0.29) is 5.41 Å². The number of hydrogen-bond acceptors (Lipinski definition) is 5. The minimum atomic E-state index is -3.57. The third-order valence-electron chi connectivity index (χ3n) is 5.22. The molecule has 24 heavy (non-hydrogen) atoms. The van der Waals surface area contributed by atoms with E-state index in [2.05, 4.69) is 4.98 Å². The van der Waals surface area contributed by atoms with Crippen LogP contribution < -0.4 is 9.88 Å². The molecule has 134 valence electrons. The van der Waals surface area contributed by atoms with Crippen LogP contribution in [0.4, 0.5) is 0 Å². The highest BCUT2D eigenvalue weighted by atomic mass is 32.2. The molecule has 1 saturated heterocycles. The first-order valence-electron chi connectivity index (χ1n) is 8.21. The predicted molar refractivity (Wildman–Crippen MR) is 89.4 cm³/mol. The summed E-state index contributed by atoms with van der Waals surface area (Å²) in [7, 11) is -3.57. The van der Waals surface area contributed by atoms with E-state index < -0.39 is 15.8 Å². The van der Waals surface area contributed by atoms with E-state index in [1.165, 1.54) is 4.31 Å². The zero-order chi connectivity index (χ0) is 17.6. The fourth-order valence-corrected chi connectivity index (χ4v) is 4.18. The number of aliphatic hydroxyl groups is 1. The topological polar surface area (TPSA) is 106 Å². The molecular weight excluding hydrogens is 330 g/mol. The molecule has 1 aliphatic heterocycles. The van der Waals surface area contributed by atoms with Gasteiger partial charge in [-0.15, -0.1) is 0 Å². The van der Waals surface area contributed by atoms with E-state index in [0.29, 0.717) is 37.2 Å². The average molecular weight is 355 g/mol. The molecule has 8 heteroatoms. The van der Waals surface area contributed by atoms with Gasteiger partial charge in [0.1, 0.15) is 5.60 Å². The quantitative estimate of drug-likeness (QED) is 0.819. The fourth-order valence-electron chi connectivity index (χ4n) is 3.49. The van der Waals surface area contributed by atoms with Crippen LogP contribution in [0.15, 0.2) is 18.2 Å². The summed E-state index contributed by atoms with van der Waals surface area (Å²) in [6.45, 7) is 4.92. The van der Waals surface area contributed by atoms with Gasteiger partial charge in [0.05, 0.1) is 12.3 Å². The fraction of sp³-hybridized carbons (Fsp3) is 0.688. The summed E-state index contributed by atoms with van der Waals surface area (Å²) in [5.41, 5.74) is -0.234. The summed E-state index contributed by atoms with van der Waals surface area (Å²) in [6.07, 6.45) is 2.71. The van der Waals surface area contributed by atoms with Gasteiger partial charge < -0.3 is 9.84 Å². The first-order valence-corrected chi connectivity index (χ1v) is 9.71. The first-order chi connectivity index (χ1) is 11.1. The lowest BCUT2D eigenvalue weighted by atomic mass is 9.92. The van der Waals surface area contributed by atoms with Crippen molar-refractivity contribution >= 4 is 10.2 Å². The molecule has 0 radical (unpaired) electrons. The molecular formula is C16H25N3O4S. The Labute approximate surface area is 143 Å². The summed E-state index contributed by atoms with van der Waals surface area (Å²) in [4.78, 5) is 4.35. The highest BCUT2D eigenvalue weighted by Crippen LogP contribution is 2.59. The normalized spacial score (nSPS) is 24.1. The lowest BCUT2D eigenvalue weighted by Crippen LogP contribution is -2.43. The van der Waals surface area contributed by atoms with E-state index in [9.17, 15) is 13.5 Å². The van der Waals surface area contributed by atoms with Gasteiger partial charge in [-0.3, -0.25) is 0 Å². The molecule has 3 N–H and O–H groups in total. The second-order valence-corrected chi connectivity index (χ2v) is 8.98. The number of rotatable bonds is 5. The Morgan fingerprint density at radius 2 is 2.08 bits per heavy atom. The summed E-state index contributed by atoms with van der Waals surface area (Å²) < 4.78 is 29.9. The van der Waals surface area contributed by atoms with Crippen molar-refractivity contribution in [1.29, 1.82) is 0 Å². The molecule has 1 aromatic heterocycles. The predicted octanol–water partition coefficient (Wildman–Crippen LogP) is 0.993. The Hall–Kier alpha value is -1.22. The van der Waals surface area contributed by atoms with Gasteiger partial charge in [-0.2, -0.15) is 12.7 Å². The highest BCUT2D eigenvalue weighted by Gasteiger charge is 2.55. The van der Waals surface area contributed by atoms with Crippen LogP contribution in [0.25, 0.3) is 0 Å². The largest absolute Gasteiger partial charge is 0.477 e. The van der Waals surface area contributed by atoms with Crippen LogP contribution >= 0.6 is 0 Å². The van der Waals surface area contributed by atoms with E-state index in [4.69, 9.17) is 9.88 Å². The van der Waals surface area contributed by atoms with Crippen LogP contribution in [0, 0.1) is 11.3 Å². The minimum Gasteiger partial charge on any atom is -0.477 e. The van der Waals surface area contributed by atoms with Gasteiger partial charge in [0.25, 0.3) is 10.2 Å². The molecule has 1 aromatic rings. The van der Waals surface area contributed by atoms with Gasteiger partial charge in [0.2, 0.25) is 5.88 Å². The third kappa shape index (κ3) is 3.72. The minimum absolute atomic E-state index is 0.190. The van der Waals surface area contributed by atoms with Crippen molar-refractivity contribution in [3.8, 4) is 5.88 Å². The second kappa shape index (κ2) is 5.94. The van der Waals surface area contributed by atoms with E-state index in [1.54, 1.807) is 26.0 Å². The smallest absolute Gasteiger partial charge is 0.276 e. The zero-order valence-corrected chi connectivity index (χ0v) is 14.9. The molecule has 1 saturated carbocycles. The Kier molecular flexibility index (Phi) is 4.36. The molecule has 1 spiro atoms.